The van der Waals surface area contributed by atoms with Gasteiger partial charge in [-0.1, -0.05) is 85.3 Å². The van der Waals surface area contributed by atoms with Gasteiger partial charge in [0.25, 0.3) is 0 Å². The number of urea groups is 1. The van der Waals surface area contributed by atoms with Crippen molar-refractivity contribution in [1.82, 2.24) is 4.90 Å². The Kier molecular flexibility index (Phi) is 12.9. The number of carbonyl (C=O) groups is 2. The first-order valence-corrected chi connectivity index (χ1v) is 19.6. The molecule has 8 heteroatoms. The summed E-state index contributed by atoms with van der Waals surface area (Å²) in [6, 6.07) is 30.7. The summed E-state index contributed by atoms with van der Waals surface area (Å²) in [4.78, 5) is 30.7. The van der Waals surface area contributed by atoms with E-state index in [1.54, 1.807) is 43.4 Å². The molecule has 3 aliphatic rings. The predicted octanol–water partition coefficient (Wildman–Crippen LogP) is 9.20. The summed E-state index contributed by atoms with van der Waals surface area (Å²) in [6.45, 7) is 5.26. The van der Waals surface area contributed by atoms with Crippen molar-refractivity contribution in [3.05, 3.63) is 131 Å². The van der Waals surface area contributed by atoms with E-state index in [0.29, 0.717) is 74.2 Å². The van der Waals surface area contributed by atoms with E-state index in [0.717, 1.165) is 35.1 Å². The van der Waals surface area contributed by atoms with Crippen LogP contribution in [0.25, 0.3) is 11.1 Å². The number of benzene rings is 4. The number of ketones is 1. The Bertz CT molecular complexity index is 1960. The highest BCUT2D eigenvalue weighted by Gasteiger charge is 2.57. The average Bonchev–Trinajstić information content (AvgIpc) is 3.45. The minimum absolute atomic E-state index is 0.0773. The average molecular weight is 745 g/mol. The molecule has 0 saturated heterocycles. The van der Waals surface area contributed by atoms with Crippen LogP contribution in [-0.2, 0) is 11.2 Å². The smallest absolute Gasteiger partial charge is 0.321 e. The van der Waals surface area contributed by atoms with Gasteiger partial charge in [-0.15, -0.1) is 0 Å². The fraction of sp³-hybridized carbons (Fsp3) is 0.404. The molecule has 0 spiro atoms. The number of nitrogens with zero attached hydrogens (tertiary/aromatic N) is 1. The van der Waals surface area contributed by atoms with Crippen molar-refractivity contribution in [3.8, 4) is 16.9 Å². The molecule has 290 valence electrons. The molecule has 0 aliphatic heterocycles. The number of amides is 2. The van der Waals surface area contributed by atoms with Gasteiger partial charge in [-0.25, -0.2) is 4.79 Å². The Morgan fingerprint density at radius 3 is 2.40 bits per heavy atom. The van der Waals surface area contributed by atoms with Gasteiger partial charge in [-0.05, 0) is 117 Å². The van der Waals surface area contributed by atoms with E-state index in [2.05, 4.69) is 31.3 Å². The topological polar surface area (TPSA) is 108 Å². The first kappa shape index (κ1) is 39.9. The molecule has 4 unspecified atom stereocenters. The molecule has 7 rings (SSSR count). The number of rotatable bonds is 11. The zero-order chi connectivity index (χ0) is 39.0. The molecule has 1 saturated carbocycles. The lowest BCUT2D eigenvalue weighted by Crippen LogP contribution is -2.54. The molecule has 55 heavy (non-hydrogen) atoms. The second-order valence-corrected chi connectivity index (χ2v) is 15.6. The van der Waals surface area contributed by atoms with Crippen LogP contribution in [0.4, 0.5) is 10.5 Å². The molecule has 2 amide bonds. The summed E-state index contributed by atoms with van der Waals surface area (Å²) in [5, 5.41) is 27.2. The maximum Gasteiger partial charge on any atom is 0.321 e. The number of allylic oxidation sites excluding steroid dienone is 2. The van der Waals surface area contributed by atoms with Gasteiger partial charge in [-0.3, -0.25) is 4.79 Å². The summed E-state index contributed by atoms with van der Waals surface area (Å²) in [5.74, 6) is 0.436. The molecular weight excluding hydrogens is 689 g/mol. The third kappa shape index (κ3) is 9.04. The number of aliphatic hydroxyl groups excluding tert-OH is 1. The first-order valence-electron chi connectivity index (χ1n) is 19.6. The standard InChI is InChI=1S/C47H56N2O6/c1-33-12-10-26-46(2)43(25-27-47(46,53)32-49(28-11-29-54-3)45(52)48-36-19-22-38(55-4)23-20-36)40-24-18-34(30-37(50)21-17-33)31-42(40)44(51)41-16-9-8-15-39(41)35-13-6-5-7-14-35/h5-9,12-16,18-20,22-24,31,37,43,50,53H,10-11,17,21,25-30,32H2,1-4H3,(H,48,52). The molecule has 3 aliphatic carbocycles. The number of hydrogen-bond acceptors (Lipinski definition) is 6. The Morgan fingerprint density at radius 2 is 1.65 bits per heavy atom. The van der Waals surface area contributed by atoms with E-state index in [4.69, 9.17) is 9.47 Å². The van der Waals surface area contributed by atoms with E-state index >= 15 is 0 Å². The van der Waals surface area contributed by atoms with Crippen molar-refractivity contribution >= 4 is 17.5 Å². The number of aliphatic hydroxyl groups is 2. The molecule has 2 bridgehead atoms. The van der Waals surface area contributed by atoms with Gasteiger partial charge in [-0.2, -0.15) is 0 Å². The summed E-state index contributed by atoms with van der Waals surface area (Å²) in [5.41, 5.74) is 4.72. The summed E-state index contributed by atoms with van der Waals surface area (Å²) < 4.78 is 10.7. The van der Waals surface area contributed by atoms with E-state index < -0.39 is 17.1 Å². The second-order valence-electron chi connectivity index (χ2n) is 15.6. The zero-order valence-corrected chi connectivity index (χ0v) is 32.7. The van der Waals surface area contributed by atoms with Crippen LogP contribution in [0.2, 0.25) is 0 Å². The lowest BCUT2D eigenvalue weighted by molar-refractivity contribution is -0.0767. The molecule has 4 atom stereocenters. The predicted molar refractivity (Wildman–Crippen MR) is 219 cm³/mol. The largest absolute Gasteiger partial charge is 0.497 e. The Labute approximate surface area is 326 Å². The third-order valence-electron chi connectivity index (χ3n) is 12.0. The van der Waals surface area contributed by atoms with Crippen molar-refractivity contribution < 1.29 is 29.3 Å². The van der Waals surface area contributed by atoms with Crippen LogP contribution in [0.5, 0.6) is 5.75 Å². The van der Waals surface area contributed by atoms with Crippen LogP contribution in [0.15, 0.2) is 109 Å². The van der Waals surface area contributed by atoms with Gasteiger partial charge in [0.1, 0.15) is 5.75 Å². The summed E-state index contributed by atoms with van der Waals surface area (Å²) >= 11 is 0. The minimum Gasteiger partial charge on any atom is -0.497 e. The molecule has 0 aromatic heterocycles. The first-order chi connectivity index (χ1) is 26.5. The van der Waals surface area contributed by atoms with Crippen LogP contribution < -0.4 is 10.1 Å². The Hall–Kier alpha value is -4.76. The van der Waals surface area contributed by atoms with Crippen molar-refractivity contribution in [3.63, 3.8) is 0 Å². The van der Waals surface area contributed by atoms with Gasteiger partial charge in [0, 0.05) is 42.5 Å². The molecule has 1 fully saturated rings. The quantitative estimate of drug-likeness (QED) is 0.0803. The number of carbonyl (C=O) groups excluding carboxylic acids is 2. The van der Waals surface area contributed by atoms with Crippen molar-refractivity contribution in [2.75, 3.05) is 39.2 Å². The third-order valence-corrected chi connectivity index (χ3v) is 12.0. The molecule has 0 radical (unpaired) electrons. The maximum absolute atomic E-state index is 15.0. The van der Waals surface area contributed by atoms with Gasteiger partial charge in [0.15, 0.2) is 5.78 Å². The lowest BCUT2D eigenvalue weighted by Gasteiger charge is -2.46. The summed E-state index contributed by atoms with van der Waals surface area (Å²) in [6.07, 6.45) is 6.60. The molecule has 4 aromatic carbocycles. The van der Waals surface area contributed by atoms with Gasteiger partial charge in [0.05, 0.1) is 25.4 Å². The number of fused-ring (bicyclic) bond motifs is 8. The van der Waals surface area contributed by atoms with Crippen LogP contribution in [-0.4, -0.2) is 72.5 Å². The maximum atomic E-state index is 15.0. The highest BCUT2D eigenvalue weighted by molar-refractivity contribution is 6.13. The number of hydrogen-bond donors (Lipinski definition) is 3. The van der Waals surface area contributed by atoms with Crippen molar-refractivity contribution in [1.29, 1.82) is 0 Å². The van der Waals surface area contributed by atoms with Gasteiger partial charge >= 0.3 is 6.03 Å². The monoisotopic (exact) mass is 744 g/mol. The number of nitrogens with one attached hydrogen (secondary N) is 1. The molecule has 8 nitrogen and oxygen atoms in total. The molecular formula is C47H56N2O6. The van der Waals surface area contributed by atoms with E-state index in [1.165, 1.54) is 5.57 Å². The minimum atomic E-state index is -1.27. The van der Waals surface area contributed by atoms with Crippen LogP contribution >= 0.6 is 0 Å². The van der Waals surface area contributed by atoms with E-state index in [1.807, 2.05) is 66.7 Å². The summed E-state index contributed by atoms with van der Waals surface area (Å²) in [7, 11) is 3.25. The van der Waals surface area contributed by atoms with Crippen molar-refractivity contribution in [2.24, 2.45) is 5.41 Å². The fourth-order valence-corrected chi connectivity index (χ4v) is 8.74. The zero-order valence-electron chi connectivity index (χ0n) is 32.7. The molecule has 3 N–H and O–H groups in total. The number of anilines is 1. The number of methoxy groups -OCH3 is 2. The van der Waals surface area contributed by atoms with Crippen LogP contribution in [0, 0.1) is 5.41 Å². The van der Waals surface area contributed by atoms with E-state index in [-0.39, 0.29) is 24.3 Å². The van der Waals surface area contributed by atoms with Crippen LogP contribution in [0.1, 0.15) is 91.8 Å². The Morgan fingerprint density at radius 1 is 0.909 bits per heavy atom. The van der Waals surface area contributed by atoms with E-state index in [9.17, 15) is 19.8 Å². The van der Waals surface area contributed by atoms with Gasteiger partial charge in [0.2, 0.25) is 0 Å². The fourth-order valence-electron chi connectivity index (χ4n) is 8.74. The second kappa shape index (κ2) is 17.8. The lowest BCUT2D eigenvalue weighted by atomic mass is 9.64. The Balaban J connectivity index is 1.41. The van der Waals surface area contributed by atoms with Crippen LogP contribution in [0.3, 0.4) is 0 Å². The number of ether oxygens (including phenoxy) is 2. The SMILES string of the molecule is COCCCN(CC1(O)CCC2c3ccc(cc3C(=O)c3ccccc3-c3ccccc3)CC(O)CCC(C)=CCCC21C)C(=O)Nc1ccc(OC)cc1. The molecule has 0 heterocycles. The normalized spacial score (nSPS) is 22.6. The highest BCUT2D eigenvalue weighted by atomic mass is 16.5. The molecule has 4 aromatic rings. The highest BCUT2D eigenvalue weighted by Crippen LogP contribution is 2.59. The van der Waals surface area contributed by atoms with Gasteiger partial charge < -0.3 is 29.9 Å². The van der Waals surface area contributed by atoms with Crippen molar-refractivity contribution in [2.45, 2.75) is 82.8 Å².